The van der Waals surface area contributed by atoms with Crippen molar-refractivity contribution in [2.24, 2.45) is 0 Å². The Morgan fingerprint density at radius 2 is 1.50 bits per heavy atom. The summed E-state index contributed by atoms with van der Waals surface area (Å²) in [6.07, 6.45) is 2.83. The van der Waals surface area contributed by atoms with Crippen LogP contribution in [-0.2, 0) is 9.59 Å². The molecule has 3 aromatic rings. The van der Waals surface area contributed by atoms with Gasteiger partial charge in [0.2, 0.25) is 11.8 Å². The summed E-state index contributed by atoms with van der Waals surface area (Å²) in [5.41, 5.74) is 6.84. The number of amides is 2. The fourth-order valence-corrected chi connectivity index (χ4v) is 3.01. The molecular formula is C23H21N3O3S. The highest BCUT2D eigenvalue weighted by atomic mass is 32.1. The first-order valence-electron chi connectivity index (χ1n) is 9.28. The summed E-state index contributed by atoms with van der Waals surface area (Å²) in [6.45, 7) is 1.82. The van der Waals surface area contributed by atoms with Crippen LogP contribution in [-0.4, -0.2) is 16.9 Å². The lowest BCUT2D eigenvalue weighted by Crippen LogP contribution is -2.49. The molecule has 0 aliphatic carbocycles. The van der Waals surface area contributed by atoms with E-state index in [2.05, 4.69) is 16.2 Å². The molecule has 1 aromatic heterocycles. The number of rotatable bonds is 5. The average molecular weight is 420 g/mol. The molecule has 0 saturated carbocycles. The first-order valence-corrected chi connectivity index (χ1v) is 9.69. The minimum Gasteiger partial charge on any atom is -0.462 e. The Labute approximate surface area is 180 Å². The average Bonchev–Trinajstić information content (AvgIpc) is 3.18. The molecule has 3 rings (SSSR count). The summed E-state index contributed by atoms with van der Waals surface area (Å²) in [6, 6.07) is 22.4. The summed E-state index contributed by atoms with van der Waals surface area (Å²) in [5.74, 6) is 0.0364. The van der Waals surface area contributed by atoms with Gasteiger partial charge in [0.05, 0.1) is 5.92 Å². The van der Waals surface area contributed by atoms with Crippen molar-refractivity contribution in [3.63, 3.8) is 0 Å². The number of hydrazine groups is 1. The number of nitrogens with one attached hydrogen (secondary N) is 3. The van der Waals surface area contributed by atoms with Gasteiger partial charge >= 0.3 is 0 Å². The number of hydrogen-bond donors (Lipinski definition) is 3. The molecule has 1 heterocycles. The normalized spacial score (nSPS) is 10.7. The van der Waals surface area contributed by atoms with E-state index in [-0.39, 0.29) is 11.0 Å². The van der Waals surface area contributed by atoms with E-state index >= 15 is 0 Å². The summed E-state index contributed by atoms with van der Waals surface area (Å²) >= 11 is 5.09. The predicted molar refractivity (Wildman–Crippen MR) is 119 cm³/mol. The van der Waals surface area contributed by atoms with Gasteiger partial charge in [0, 0.05) is 6.08 Å². The highest BCUT2D eigenvalue weighted by molar-refractivity contribution is 7.80. The van der Waals surface area contributed by atoms with Crippen LogP contribution in [0.4, 0.5) is 0 Å². The number of carbonyl (C=O) groups is 2. The molecule has 0 spiro atoms. The third-order valence-electron chi connectivity index (χ3n) is 4.22. The molecule has 6 nitrogen and oxygen atoms in total. The standard InChI is InChI=1S/C23H21N3O3S/c1-16-12-13-19(29-16)14-15-20(27)24-23(30)26-25-22(28)21(17-8-4-2-5-9-17)18-10-6-3-7-11-18/h2-15,21H,1H3,(H,25,28)(H2,24,26,27,30). The third-order valence-corrected chi connectivity index (χ3v) is 4.43. The van der Waals surface area contributed by atoms with E-state index in [1.54, 1.807) is 12.1 Å². The number of hydrogen-bond acceptors (Lipinski definition) is 4. The second-order valence-electron chi connectivity index (χ2n) is 6.47. The topological polar surface area (TPSA) is 83.4 Å². The molecule has 0 atom stereocenters. The molecule has 2 aromatic carbocycles. The molecule has 0 radical (unpaired) electrons. The van der Waals surface area contributed by atoms with Crippen molar-refractivity contribution < 1.29 is 14.0 Å². The van der Waals surface area contributed by atoms with Gasteiger partial charge in [-0.3, -0.25) is 25.8 Å². The molecule has 0 saturated heterocycles. The van der Waals surface area contributed by atoms with Gasteiger partial charge in [-0.05, 0) is 48.5 Å². The van der Waals surface area contributed by atoms with Crippen LogP contribution in [0.5, 0.6) is 0 Å². The van der Waals surface area contributed by atoms with Gasteiger partial charge in [-0.15, -0.1) is 0 Å². The van der Waals surface area contributed by atoms with Gasteiger partial charge in [-0.1, -0.05) is 60.7 Å². The first kappa shape index (κ1) is 21.0. The van der Waals surface area contributed by atoms with Crippen molar-refractivity contribution >= 4 is 35.2 Å². The van der Waals surface area contributed by atoms with Gasteiger partial charge in [0.1, 0.15) is 11.5 Å². The Morgan fingerprint density at radius 3 is 2.03 bits per heavy atom. The van der Waals surface area contributed by atoms with Crippen LogP contribution < -0.4 is 16.2 Å². The maximum Gasteiger partial charge on any atom is 0.250 e. The monoisotopic (exact) mass is 419 g/mol. The second kappa shape index (κ2) is 10.2. The van der Waals surface area contributed by atoms with Crippen molar-refractivity contribution in [2.75, 3.05) is 0 Å². The molecule has 0 aliphatic heterocycles. The molecule has 2 amide bonds. The van der Waals surface area contributed by atoms with Crippen LogP contribution in [0, 0.1) is 6.92 Å². The molecule has 0 unspecified atom stereocenters. The minimum atomic E-state index is -0.527. The van der Waals surface area contributed by atoms with E-state index in [4.69, 9.17) is 16.6 Å². The van der Waals surface area contributed by atoms with Crippen LogP contribution in [0.15, 0.2) is 83.3 Å². The Hall–Kier alpha value is -3.71. The summed E-state index contributed by atoms with van der Waals surface area (Å²) in [5, 5.41) is 2.45. The Kier molecular flexibility index (Phi) is 7.13. The SMILES string of the molecule is Cc1ccc(C=CC(=O)NC(=S)NNC(=O)C(c2ccccc2)c2ccccc2)o1. The molecule has 0 fully saturated rings. The van der Waals surface area contributed by atoms with Gasteiger partial charge in [0.25, 0.3) is 0 Å². The number of aryl methyl sites for hydroxylation is 1. The van der Waals surface area contributed by atoms with Crippen molar-refractivity contribution in [3.8, 4) is 0 Å². The van der Waals surface area contributed by atoms with Crippen molar-refractivity contribution in [2.45, 2.75) is 12.8 Å². The van der Waals surface area contributed by atoms with Crippen molar-refractivity contribution in [3.05, 3.63) is 102 Å². The molecule has 152 valence electrons. The quantitative estimate of drug-likeness (QED) is 0.335. The van der Waals surface area contributed by atoms with Crippen LogP contribution in [0.2, 0.25) is 0 Å². The molecule has 7 heteroatoms. The molecule has 3 N–H and O–H groups in total. The summed E-state index contributed by atoms with van der Waals surface area (Å²) in [4.78, 5) is 24.9. The number of furan rings is 1. The Balaban J connectivity index is 1.59. The number of benzene rings is 2. The summed E-state index contributed by atoms with van der Waals surface area (Å²) in [7, 11) is 0. The van der Waals surface area contributed by atoms with E-state index < -0.39 is 11.8 Å². The van der Waals surface area contributed by atoms with E-state index in [1.807, 2.05) is 67.6 Å². The van der Waals surface area contributed by atoms with E-state index in [1.165, 1.54) is 12.2 Å². The number of carbonyl (C=O) groups excluding carboxylic acids is 2. The van der Waals surface area contributed by atoms with Crippen LogP contribution in [0.1, 0.15) is 28.6 Å². The summed E-state index contributed by atoms with van der Waals surface area (Å²) < 4.78 is 5.36. The molecule has 0 bridgehead atoms. The third kappa shape index (κ3) is 5.89. The maximum atomic E-state index is 12.9. The highest BCUT2D eigenvalue weighted by Gasteiger charge is 2.22. The largest absolute Gasteiger partial charge is 0.462 e. The highest BCUT2D eigenvalue weighted by Crippen LogP contribution is 2.24. The Morgan fingerprint density at radius 1 is 0.900 bits per heavy atom. The van der Waals surface area contributed by atoms with E-state index in [9.17, 15) is 9.59 Å². The second-order valence-corrected chi connectivity index (χ2v) is 6.88. The smallest absolute Gasteiger partial charge is 0.250 e. The first-order chi connectivity index (χ1) is 14.5. The molecule has 30 heavy (non-hydrogen) atoms. The zero-order chi connectivity index (χ0) is 21.3. The van der Waals surface area contributed by atoms with Gasteiger partial charge in [0.15, 0.2) is 5.11 Å². The maximum absolute atomic E-state index is 12.9. The Bertz CT molecular complexity index is 1010. The zero-order valence-corrected chi connectivity index (χ0v) is 17.1. The minimum absolute atomic E-state index is 0.0199. The lowest BCUT2D eigenvalue weighted by Gasteiger charge is -2.18. The fraction of sp³-hybridized carbons (Fsp3) is 0.0870. The van der Waals surface area contributed by atoms with Crippen molar-refractivity contribution in [1.29, 1.82) is 0 Å². The van der Waals surface area contributed by atoms with Crippen molar-refractivity contribution in [1.82, 2.24) is 16.2 Å². The van der Waals surface area contributed by atoms with Gasteiger partial charge in [-0.25, -0.2) is 0 Å². The number of thiocarbonyl (C=S) groups is 1. The van der Waals surface area contributed by atoms with Gasteiger partial charge in [-0.2, -0.15) is 0 Å². The lowest BCUT2D eigenvalue weighted by atomic mass is 9.91. The van der Waals surface area contributed by atoms with E-state index in [0.717, 1.165) is 16.9 Å². The zero-order valence-electron chi connectivity index (χ0n) is 16.3. The van der Waals surface area contributed by atoms with E-state index in [0.29, 0.717) is 5.76 Å². The van der Waals surface area contributed by atoms with Gasteiger partial charge < -0.3 is 4.42 Å². The predicted octanol–water partition coefficient (Wildman–Crippen LogP) is 3.46. The molecule has 0 aliphatic rings. The molecular weight excluding hydrogens is 398 g/mol. The van der Waals surface area contributed by atoms with Crippen LogP contribution in [0.25, 0.3) is 6.08 Å². The van der Waals surface area contributed by atoms with Crippen LogP contribution >= 0.6 is 12.2 Å². The fourth-order valence-electron chi connectivity index (χ4n) is 2.86. The van der Waals surface area contributed by atoms with Crippen LogP contribution in [0.3, 0.4) is 0 Å². The lowest BCUT2D eigenvalue weighted by molar-refractivity contribution is -0.122.